The van der Waals surface area contributed by atoms with Gasteiger partial charge in [-0.15, -0.1) is 12.4 Å². The lowest BCUT2D eigenvalue weighted by atomic mass is 9.91. The first-order valence-electron chi connectivity index (χ1n) is 5.93. The number of phenols is 1. The number of non-ortho nitro benzene ring substituents is 1. The van der Waals surface area contributed by atoms with Gasteiger partial charge in [0.15, 0.2) is 0 Å². The molecule has 0 aromatic heterocycles. The van der Waals surface area contributed by atoms with E-state index in [2.05, 4.69) is 15.9 Å². The summed E-state index contributed by atoms with van der Waals surface area (Å²) < 4.78 is 0.320. The van der Waals surface area contributed by atoms with Crippen LogP contribution >= 0.6 is 28.3 Å². The summed E-state index contributed by atoms with van der Waals surface area (Å²) in [7, 11) is 0. The van der Waals surface area contributed by atoms with E-state index in [-0.39, 0.29) is 29.9 Å². The lowest BCUT2D eigenvalue weighted by Gasteiger charge is -2.20. The molecule has 0 bridgehead atoms. The van der Waals surface area contributed by atoms with E-state index in [1.807, 2.05) is 0 Å². The van der Waals surface area contributed by atoms with Crippen molar-refractivity contribution in [2.45, 2.75) is 31.7 Å². The van der Waals surface area contributed by atoms with Crippen LogP contribution in [-0.2, 0) is 0 Å². The van der Waals surface area contributed by atoms with E-state index in [0.29, 0.717) is 16.0 Å². The molecule has 3 N–H and O–H groups in total. The summed E-state index contributed by atoms with van der Waals surface area (Å²) in [4.78, 5) is 10.3. The highest BCUT2D eigenvalue weighted by molar-refractivity contribution is 9.10. The lowest BCUT2D eigenvalue weighted by Crippen LogP contribution is -2.19. The van der Waals surface area contributed by atoms with Crippen LogP contribution < -0.4 is 5.73 Å². The van der Waals surface area contributed by atoms with Gasteiger partial charge < -0.3 is 10.8 Å². The summed E-state index contributed by atoms with van der Waals surface area (Å²) >= 11 is 3.13. The molecule has 1 saturated carbocycles. The number of phenolic OH excluding ortho intramolecular Hbond substituents is 1. The van der Waals surface area contributed by atoms with Crippen LogP contribution in [0, 0.1) is 16.0 Å². The second-order valence-electron chi connectivity index (χ2n) is 4.69. The molecule has 5 nitrogen and oxygen atoms in total. The Morgan fingerprint density at radius 2 is 2.00 bits per heavy atom. The Balaban J connectivity index is 0.00000180. The van der Waals surface area contributed by atoms with E-state index in [0.717, 1.165) is 25.7 Å². The Kier molecular flexibility index (Phi) is 5.58. The van der Waals surface area contributed by atoms with Crippen LogP contribution in [0.1, 0.15) is 37.3 Å². The summed E-state index contributed by atoms with van der Waals surface area (Å²) in [6, 6.07) is 2.33. The molecule has 0 radical (unpaired) electrons. The molecule has 1 aliphatic rings. The molecular formula is C12H16BrClN2O3. The van der Waals surface area contributed by atoms with Crippen LogP contribution in [0.3, 0.4) is 0 Å². The number of benzene rings is 1. The van der Waals surface area contributed by atoms with Crippen molar-refractivity contribution in [1.82, 2.24) is 0 Å². The molecular weight excluding hydrogens is 336 g/mol. The van der Waals surface area contributed by atoms with Gasteiger partial charge in [0.05, 0.1) is 9.40 Å². The lowest BCUT2D eigenvalue weighted by molar-refractivity contribution is -0.385. The Labute approximate surface area is 125 Å². The number of rotatable bonds is 3. The van der Waals surface area contributed by atoms with E-state index in [4.69, 9.17) is 5.73 Å². The van der Waals surface area contributed by atoms with E-state index in [9.17, 15) is 15.2 Å². The van der Waals surface area contributed by atoms with Gasteiger partial charge in [-0.1, -0.05) is 12.8 Å². The topological polar surface area (TPSA) is 89.4 Å². The average molecular weight is 352 g/mol. The summed E-state index contributed by atoms with van der Waals surface area (Å²) in [6.07, 6.45) is 4.30. The Bertz CT molecular complexity index is 478. The molecule has 1 aromatic rings. The fourth-order valence-electron chi connectivity index (χ4n) is 2.54. The van der Waals surface area contributed by atoms with Gasteiger partial charge in [0.1, 0.15) is 5.75 Å². The zero-order chi connectivity index (χ0) is 13.3. The first-order chi connectivity index (χ1) is 8.50. The van der Waals surface area contributed by atoms with Crippen molar-refractivity contribution >= 4 is 34.0 Å². The number of halogens is 2. The van der Waals surface area contributed by atoms with E-state index in [1.54, 1.807) is 0 Å². The molecule has 19 heavy (non-hydrogen) atoms. The van der Waals surface area contributed by atoms with Gasteiger partial charge in [0.2, 0.25) is 0 Å². The van der Waals surface area contributed by atoms with Crippen LogP contribution in [-0.4, -0.2) is 10.0 Å². The van der Waals surface area contributed by atoms with Crippen molar-refractivity contribution in [3.63, 3.8) is 0 Å². The first-order valence-corrected chi connectivity index (χ1v) is 6.72. The minimum absolute atomic E-state index is 0. The number of nitrogens with zero attached hydrogens (tertiary/aromatic N) is 1. The molecule has 1 aromatic carbocycles. The van der Waals surface area contributed by atoms with Crippen molar-refractivity contribution in [2.75, 3.05) is 0 Å². The van der Waals surface area contributed by atoms with Gasteiger partial charge in [-0.3, -0.25) is 10.1 Å². The molecule has 0 heterocycles. The highest BCUT2D eigenvalue weighted by atomic mass is 79.9. The highest BCUT2D eigenvalue weighted by Gasteiger charge is 2.27. The Morgan fingerprint density at radius 3 is 2.53 bits per heavy atom. The number of hydrogen-bond acceptors (Lipinski definition) is 4. The van der Waals surface area contributed by atoms with E-state index >= 15 is 0 Å². The van der Waals surface area contributed by atoms with Crippen molar-refractivity contribution in [3.8, 4) is 5.75 Å². The maximum atomic E-state index is 10.8. The van der Waals surface area contributed by atoms with Crippen LogP contribution in [0.25, 0.3) is 0 Å². The van der Waals surface area contributed by atoms with Crippen molar-refractivity contribution in [3.05, 3.63) is 32.3 Å². The number of nitro benzene ring substituents is 1. The first kappa shape index (κ1) is 16.2. The third-order valence-electron chi connectivity index (χ3n) is 3.56. The number of nitro groups is 1. The average Bonchev–Trinajstić information content (AvgIpc) is 2.85. The maximum Gasteiger partial charge on any atom is 0.271 e. The summed E-state index contributed by atoms with van der Waals surface area (Å²) in [5.74, 6) is 0.310. The quantitative estimate of drug-likeness (QED) is 0.642. The van der Waals surface area contributed by atoms with E-state index < -0.39 is 4.92 Å². The Hall–Kier alpha value is -0.850. The molecule has 0 amide bonds. The minimum Gasteiger partial charge on any atom is -0.506 e. The van der Waals surface area contributed by atoms with Crippen LogP contribution in [0.5, 0.6) is 5.75 Å². The molecule has 0 spiro atoms. The summed E-state index contributed by atoms with van der Waals surface area (Å²) in [6.45, 7) is 0. The van der Waals surface area contributed by atoms with Gasteiger partial charge in [-0.25, -0.2) is 0 Å². The molecule has 0 aliphatic heterocycles. The predicted octanol–water partition coefficient (Wildman–Crippen LogP) is 3.67. The predicted molar refractivity (Wildman–Crippen MR) is 78.6 cm³/mol. The fraction of sp³-hybridized carbons (Fsp3) is 0.500. The smallest absolute Gasteiger partial charge is 0.271 e. The molecule has 1 aliphatic carbocycles. The molecule has 7 heteroatoms. The van der Waals surface area contributed by atoms with Crippen LogP contribution in [0.15, 0.2) is 16.6 Å². The largest absolute Gasteiger partial charge is 0.506 e. The number of hydrogen-bond donors (Lipinski definition) is 2. The monoisotopic (exact) mass is 350 g/mol. The van der Waals surface area contributed by atoms with Crippen LogP contribution in [0.2, 0.25) is 0 Å². The molecule has 1 atom stereocenters. The molecule has 2 rings (SSSR count). The van der Waals surface area contributed by atoms with Gasteiger partial charge in [0.25, 0.3) is 5.69 Å². The molecule has 1 fully saturated rings. The third-order valence-corrected chi connectivity index (χ3v) is 4.16. The van der Waals surface area contributed by atoms with Gasteiger partial charge in [0, 0.05) is 23.7 Å². The van der Waals surface area contributed by atoms with E-state index in [1.165, 1.54) is 12.1 Å². The standard InChI is InChI=1S/C12H15BrN2O3.ClH/c13-10-6-8(15(17)18)5-9(12(10)16)11(14)7-3-1-2-4-7;/h5-7,11,16H,1-4,14H2;1H/t11-;/m0./s1. The van der Waals surface area contributed by atoms with Gasteiger partial charge in [-0.2, -0.15) is 0 Å². The van der Waals surface area contributed by atoms with Gasteiger partial charge >= 0.3 is 0 Å². The minimum atomic E-state index is -0.477. The normalized spacial score (nSPS) is 16.9. The zero-order valence-corrected chi connectivity index (χ0v) is 12.6. The zero-order valence-electron chi connectivity index (χ0n) is 10.2. The van der Waals surface area contributed by atoms with Crippen molar-refractivity contribution < 1.29 is 10.0 Å². The van der Waals surface area contributed by atoms with Crippen molar-refractivity contribution in [1.29, 1.82) is 0 Å². The van der Waals surface area contributed by atoms with Crippen molar-refractivity contribution in [2.24, 2.45) is 11.7 Å². The molecule has 0 saturated heterocycles. The molecule has 106 valence electrons. The summed E-state index contributed by atoms with van der Waals surface area (Å²) in [5, 5.41) is 20.8. The third kappa shape index (κ3) is 3.38. The second-order valence-corrected chi connectivity index (χ2v) is 5.55. The molecule has 0 unspecified atom stereocenters. The van der Waals surface area contributed by atoms with Gasteiger partial charge in [-0.05, 0) is 34.7 Å². The Morgan fingerprint density at radius 1 is 1.42 bits per heavy atom. The second kappa shape index (κ2) is 6.54. The summed E-state index contributed by atoms with van der Waals surface area (Å²) in [5.41, 5.74) is 6.54. The number of aromatic hydroxyl groups is 1. The number of nitrogens with two attached hydrogens (primary N) is 1. The highest BCUT2D eigenvalue weighted by Crippen LogP contribution is 2.41. The van der Waals surface area contributed by atoms with Crippen LogP contribution in [0.4, 0.5) is 5.69 Å². The maximum absolute atomic E-state index is 10.8. The fourth-order valence-corrected chi connectivity index (χ4v) is 3.00. The SMILES string of the molecule is Cl.N[C@H](c1cc([N+](=O)[O-])cc(Br)c1O)C1CCCC1.